The van der Waals surface area contributed by atoms with Gasteiger partial charge in [-0.1, -0.05) is 25.1 Å². The van der Waals surface area contributed by atoms with E-state index in [0.29, 0.717) is 6.54 Å². The second kappa shape index (κ2) is 6.31. The summed E-state index contributed by atoms with van der Waals surface area (Å²) in [6.45, 7) is 6.08. The van der Waals surface area contributed by atoms with Gasteiger partial charge in [0.25, 0.3) is 0 Å². The molecule has 18 heavy (non-hydrogen) atoms. The minimum atomic E-state index is -3.31. The van der Waals surface area contributed by atoms with E-state index in [1.54, 1.807) is 0 Å². The van der Waals surface area contributed by atoms with Crippen LogP contribution in [0.25, 0.3) is 0 Å². The van der Waals surface area contributed by atoms with Gasteiger partial charge in [0.15, 0.2) is 0 Å². The zero-order valence-corrected chi connectivity index (χ0v) is 12.0. The van der Waals surface area contributed by atoms with Crippen molar-refractivity contribution in [3.63, 3.8) is 0 Å². The van der Waals surface area contributed by atoms with Crippen LogP contribution >= 0.6 is 0 Å². The van der Waals surface area contributed by atoms with Crippen LogP contribution in [-0.4, -0.2) is 21.0 Å². The molecule has 4 nitrogen and oxygen atoms in total. The molecule has 1 aromatic rings. The van der Waals surface area contributed by atoms with Gasteiger partial charge in [0.2, 0.25) is 10.0 Å². The van der Waals surface area contributed by atoms with E-state index in [9.17, 15) is 8.42 Å². The van der Waals surface area contributed by atoms with Crippen LogP contribution in [0, 0.1) is 13.8 Å². The highest BCUT2D eigenvalue weighted by Gasteiger charge is 2.15. The average molecular weight is 270 g/mol. The zero-order chi connectivity index (χ0) is 13.8. The predicted molar refractivity (Wildman–Crippen MR) is 74.8 cm³/mol. The van der Waals surface area contributed by atoms with Gasteiger partial charge in [-0.2, -0.15) is 0 Å². The van der Waals surface area contributed by atoms with Crippen LogP contribution in [0.4, 0.5) is 0 Å². The van der Waals surface area contributed by atoms with Gasteiger partial charge in [-0.3, -0.25) is 0 Å². The van der Waals surface area contributed by atoms with Crippen LogP contribution < -0.4 is 10.5 Å². The van der Waals surface area contributed by atoms with Crippen LogP contribution in [0.15, 0.2) is 18.2 Å². The second-order valence-electron chi connectivity index (χ2n) is 4.65. The van der Waals surface area contributed by atoms with Crippen LogP contribution in [0.2, 0.25) is 0 Å². The lowest BCUT2D eigenvalue weighted by Gasteiger charge is -2.13. The van der Waals surface area contributed by atoms with E-state index in [2.05, 4.69) is 4.72 Å². The Labute approximate surface area is 110 Å². The third-order valence-electron chi connectivity index (χ3n) is 3.07. The van der Waals surface area contributed by atoms with Crippen LogP contribution in [0.5, 0.6) is 0 Å². The number of nitrogens with two attached hydrogens (primary N) is 1. The molecular weight excluding hydrogens is 248 g/mol. The third kappa shape index (κ3) is 4.40. The number of hydrogen-bond donors (Lipinski definition) is 2. The van der Waals surface area contributed by atoms with Crippen molar-refractivity contribution in [2.75, 3.05) is 6.54 Å². The van der Waals surface area contributed by atoms with Crippen molar-refractivity contribution >= 4 is 10.0 Å². The van der Waals surface area contributed by atoms with Gasteiger partial charge in [-0.05, 0) is 37.0 Å². The molecule has 5 heteroatoms. The number of nitrogens with one attached hydrogen (secondary N) is 1. The smallest absolute Gasteiger partial charge is 0.215 e. The van der Waals surface area contributed by atoms with Crippen LogP contribution in [0.3, 0.4) is 0 Å². The van der Waals surface area contributed by atoms with E-state index in [4.69, 9.17) is 5.73 Å². The summed E-state index contributed by atoms with van der Waals surface area (Å²) in [5.41, 5.74) is 8.58. The van der Waals surface area contributed by atoms with Crippen molar-refractivity contribution < 1.29 is 8.42 Å². The van der Waals surface area contributed by atoms with Gasteiger partial charge >= 0.3 is 0 Å². The lowest BCUT2D eigenvalue weighted by atomic mass is 10.1. The lowest BCUT2D eigenvalue weighted by molar-refractivity contribution is 0.563. The zero-order valence-electron chi connectivity index (χ0n) is 11.2. The van der Waals surface area contributed by atoms with Crippen molar-refractivity contribution in [2.45, 2.75) is 39.0 Å². The van der Waals surface area contributed by atoms with Gasteiger partial charge in [0, 0.05) is 12.6 Å². The Morgan fingerprint density at radius 1 is 1.28 bits per heavy atom. The van der Waals surface area contributed by atoms with Gasteiger partial charge in [-0.25, -0.2) is 13.1 Å². The number of rotatable bonds is 6. The Kier molecular flexibility index (Phi) is 5.31. The Morgan fingerprint density at radius 3 is 2.33 bits per heavy atom. The maximum absolute atomic E-state index is 12.0. The highest BCUT2D eigenvalue weighted by molar-refractivity contribution is 7.88. The molecule has 102 valence electrons. The van der Waals surface area contributed by atoms with Crippen molar-refractivity contribution in [3.8, 4) is 0 Å². The topological polar surface area (TPSA) is 72.2 Å². The fourth-order valence-electron chi connectivity index (χ4n) is 1.70. The molecule has 0 heterocycles. The van der Waals surface area contributed by atoms with E-state index in [-0.39, 0.29) is 11.8 Å². The summed E-state index contributed by atoms with van der Waals surface area (Å²) in [4.78, 5) is 0. The number of sulfonamides is 1. The van der Waals surface area contributed by atoms with E-state index < -0.39 is 10.0 Å². The predicted octanol–water partition coefficient (Wildman–Crippen LogP) is 1.46. The summed E-state index contributed by atoms with van der Waals surface area (Å²) in [5.74, 6) is 0.0158. The minimum absolute atomic E-state index is 0.0158. The SMILES string of the molecule is CCC(N)CNS(=O)(=O)Cc1c(C)cccc1C. The molecule has 0 spiro atoms. The van der Waals surface area contributed by atoms with Crippen molar-refractivity contribution in [1.29, 1.82) is 0 Å². The number of aryl methyl sites for hydroxylation is 2. The molecule has 0 aliphatic heterocycles. The molecule has 0 aromatic heterocycles. The Bertz CT molecular complexity index is 477. The van der Waals surface area contributed by atoms with Crippen molar-refractivity contribution in [2.24, 2.45) is 5.73 Å². The largest absolute Gasteiger partial charge is 0.327 e. The molecule has 0 aliphatic rings. The first-order valence-electron chi connectivity index (χ1n) is 6.13. The number of benzene rings is 1. The second-order valence-corrected chi connectivity index (χ2v) is 6.45. The molecule has 0 aliphatic carbocycles. The van der Waals surface area contributed by atoms with E-state index >= 15 is 0 Å². The molecule has 0 saturated heterocycles. The normalized spacial score (nSPS) is 13.6. The maximum Gasteiger partial charge on any atom is 0.215 e. The Balaban J connectivity index is 2.77. The van der Waals surface area contributed by atoms with Crippen molar-refractivity contribution in [1.82, 2.24) is 4.72 Å². The van der Waals surface area contributed by atoms with Crippen LogP contribution in [0.1, 0.15) is 30.0 Å². The third-order valence-corrected chi connectivity index (χ3v) is 4.34. The lowest BCUT2D eigenvalue weighted by Crippen LogP contribution is -2.37. The van der Waals surface area contributed by atoms with Crippen molar-refractivity contribution in [3.05, 3.63) is 34.9 Å². The van der Waals surface area contributed by atoms with Gasteiger partial charge in [-0.15, -0.1) is 0 Å². The molecule has 0 radical (unpaired) electrons. The summed E-state index contributed by atoms with van der Waals surface area (Å²) in [5, 5.41) is 0. The first-order valence-corrected chi connectivity index (χ1v) is 7.79. The molecule has 1 rings (SSSR count). The molecule has 0 fully saturated rings. The monoisotopic (exact) mass is 270 g/mol. The summed E-state index contributed by atoms with van der Waals surface area (Å²) in [6, 6.07) is 5.66. The first kappa shape index (κ1) is 15.1. The molecule has 0 amide bonds. The summed E-state index contributed by atoms with van der Waals surface area (Å²) in [6.07, 6.45) is 0.756. The molecule has 1 unspecified atom stereocenters. The van der Waals surface area contributed by atoms with Gasteiger partial charge in [0.1, 0.15) is 0 Å². The highest BCUT2D eigenvalue weighted by atomic mass is 32.2. The van der Waals surface area contributed by atoms with Gasteiger partial charge < -0.3 is 5.73 Å². The number of hydrogen-bond acceptors (Lipinski definition) is 3. The quantitative estimate of drug-likeness (QED) is 0.822. The Morgan fingerprint density at radius 2 is 1.83 bits per heavy atom. The molecule has 1 aromatic carbocycles. The standard InChI is InChI=1S/C13H22N2O2S/c1-4-12(14)8-15-18(16,17)9-13-10(2)6-5-7-11(13)3/h5-7,12,15H,4,8-9,14H2,1-3H3. The summed E-state index contributed by atoms with van der Waals surface area (Å²) < 4.78 is 26.5. The maximum atomic E-state index is 12.0. The van der Waals surface area contributed by atoms with Crippen LogP contribution in [-0.2, 0) is 15.8 Å². The molecule has 1 atom stereocenters. The highest BCUT2D eigenvalue weighted by Crippen LogP contribution is 2.15. The Hall–Kier alpha value is -0.910. The summed E-state index contributed by atoms with van der Waals surface area (Å²) >= 11 is 0. The fraction of sp³-hybridized carbons (Fsp3) is 0.538. The minimum Gasteiger partial charge on any atom is -0.327 e. The molecule has 3 N–H and O–H groups in total. The molecular formula is C13H22N2O2S. The molecule has 0 saturated carbocycles. The van der Waals surface area contributed by atoms with Gasteiger partial charge in [0.05, 0.1) is 5.75 Å². The average Bonchev–Trinajstić information content (AvgIpc) is 2.31. The molecule has 0 bridgehead atoms. The fourth-order valence-corrected chi connectivity index (χ4v) is 3.10. The van der Waals surface area contributed by atoms with E-state index in [1.807, 2.05) is 39.0 Å². The first-order chi connectivity index (χ1) is 8.35. The van der Waals surface area contributed by atoms with E-state index in [0.717, 1.165) is 23.1 Å². The van der Waals surface area contributed by atoms with E-state index in [1.165, 1.54) is 0 Å². The summed E-state index contributed by atoms with van der Waals surface area (Å²) in [7, 11) is -3.31.